The lowest BCUT2D eigenvalue weighted by molar-refractivity contribution is -0.0593. The van der Waals surface area contributed by atoms with E-state index in [0.29, 0.717) is 41.3 Å². The predicted octanol–water partition coefficient (Wildman–Crippen LogP) is 4.61. The molecule has 10 nitrogen and oxygen atoms in total. The Morgan fingerprint density at radius 3 is 2.57 bits per heavy atom. The number of aromatic carboxylic acids is 1. The summed E-state index contributed by atoms with van der Waals surface area (Å²) in [5, 5.41) is 9.43. The minimum Gasteiger partial charge on any atom is -0.477 e. The number of carboxylic acid groups (broad SMARTS) is 1. The molecule has 2 saturated heterocycles. The zero-order chi connectivity index (χ0) is 29.2. The number of carbonyl (C=O) groups is 2. The van der Waals surface area contributed by atoms with Crippen molar-refractivity contribution in [1.82, 2.24) is 24.4 Å². The molecule has 1 atom stereocenters. The third-order valence-electron chi connectivity index (χ3n) is 8.02. The lowest BCUT2D eigenvalue weighted by atomic mass is 9.93. The number of imidazole rings is 1. The van der Waals surface area contributed by atoms with Gasteiger partial charge in [-0.15, -0.1) is 0 Å². The van der Waals surface area contributed by atoms with Crippen molar-refractivity contribution in [3.63, 3.8) is 0 Å². The molecule has 3 aromatic heterocycles. The smallest absolute Gasteiger partial charge is 0.354 e. The Kier molecular flexibility index (Phi) is 7.94. The summed E-state index contributed by atoms with van der Waals surface area (Å²) in [5.74, 6) is -0.172. The van der Waals surface area contributed by atoms with Gasteiger partial charge in [0.05, 0.1) is 19.2 Å². The van der Waals surface area contributed by atoms with E-state index in [4.69, 9.17) is 19.4 Å². The number of piperidine rings is 1. The molecule has 5 heterocycles. The quantitative estimate of drug-likeness (QED) is 0.271. The third-order valence-corrected chi connectivity index (χ3v) is 8.02. The summed E-state index contributed by atoms with van der Waals surface area (Å²) in [6, 6.07) is 13.3. The van der Waals surface area contributed by atoms with Crippen LogP contribution in [0.5, 0.6) is 5.88 Å². The summed E-state index contributed by atoms with van der Waals surface area (Å²) >= 11 is 0. The second-order valence-corrected chi connectivity index (χ2v) is 10.9. The van der Waals surface area contributed by atoms with Crippen LogP contribution in [-0.4, -0.2) is 67.1 Å². The molecule has 1 aromatic carbocycles. The standard InChI is InChI=1S/C31H32FN5O5/c1-19(38)21-5-6-22(24(32)15-21)18-42-29-4-2-3-25(34-29)20-9-12-36(13-10-20)17-28-33-26-7-8-27(31(39)40)35-30(26)37(28)16-23-11-14-41-23/h2-8,15,20,23H,9-14,16-18H2,1H3,(H,39,40). The fraction of sp³-hybridized carbons (Fsp3) is 0.387. The zero-order valence-electron chi connectivity index (χ0n) is 23.3. The number of rotatable bonds is 10. The first-order valence-electron chi connectivity index (χ1n) is 14.2. The number of Topliss-reactive ketones (excluding diaryl/α,β-unsaturated/α-hetero) is 1. The predicted molar refractivity (Wildman–Crippen MR) is 151 cm³/mol. The van der Waals surface area contributed by atoms with Crippen LogP contribution in [0.4, 0.5) is 4.39 Å². The zero-order valence-corrected chi connectivity index (χ0v) is 23.3. The van der Waals surface area contributed by atoms with Crippen LogP contribution in [0.1, 0.15) is 70.0 Å². The Bertz CT molecular complexity index is 1630. The van der Waals surface area contributed by atoms with E-state index >= 15 is 0 Å². The van der Waals surface area contributed by atoms with Gasteiger partial charge in [-0.05, 0) is 63.5 Å². The van der Waals surface area contributed by atoms with Crippen molar-refractivity contribution >= 4 is 22.9 Å². The van der Waals surface area contributed by atoms with Crippen LogP contribution in [0, 0.1) is 5.82 Å². The number of ketones is 1. The van der Waals surface area contributed by atoms with E-state index in [0.717, 1.165) is 50.5 Å². The summed E-state index contributed by atoms with van der Waals surface area (Å²) < 4.78 is 27.9. The monoisotopic (exact) mass is 573 g/mol. The minimum absolute atomic E-state index is 0.000254. The molecular weight excluding hydrogens is 541 g/mol. The van der Waals surface area contributed by atoms with E-state index in [1.165, 1.54) is 19.1 Å². The van der Waals surface area contributed by atoms with Crippen molar-refractivity contribution in [2.24, 2.45) is 0 Å². The van der Waals surface area contributed by atoms with Crippen LogP contribution < -0.4 is 4.74 Å². The van der Waals surface area contributed by atoms with Crippen LogP contribution in [0.25, 0.3) is 11.2 Å². The van der Waals surface area contributed by atoms with Gasteiger partial charge in [-0.1, -0.05) is 18.2 Å². The highest BCUT2D eigenvalue weighted by atomic mass is 19.1. The van der Waals surface area contributed by atoms with E-state index in [1.807, 2.05) is 16.7 Å². The average Bonchev–Trinajstić information content (AvgIpc) is 3.30. The number of carboxylic acids is 1. The number of benzene rings is 1. The van der Waals surface area contributed by atoms with E-state index in [9.17, 15) is 19.1 Å². The van der Waals surface area contributed by atoms with Gasteiger partial charge in [0.15, 0.2) is 17.1 Å². The molecule has 2 aliphatic rings. The van der Waals surface area contributed by atoms with Crippen LogP contribution in [0.2, 0.25) is 0 Å². The average molecular weight is 574 g/mol. The van der Waals surface area contributed by atoms with Crippen molar-refractivity contribution in [2.75, 3.05) is 19.7 Å². The highest BCUT2D eigenvalue weighted by Gasteiger charge is 2.26. The van der Waals surface area contributed by atoms with Gasteiger partial charge in [-0.2, -0.15) is 0 Å². The lowest BCUT2D eigenvalue weighted by Gasteiger charge is -2.32. The normalized spacial score (nSPS) is 17.7. The molecule has 2 aliphatic heterocycles. The Morgan fingerprint density at radius 1 is 1.07 bits per heavy atom. The summed E-state index contributed by atoms with van der Waals surface area (Å²) in [5.41, 5.74) is 2.89. The minimum atomic E-state index is -1.06. The second-order valence-electron chi connectivity index (χ2n) is 10.9. The Balaban J connectivity index is 1.09. The van der Waals surface area contributed by atoms with Crippen LogP contribution >= 0.6 is 0 Å². The molecule has 1 N–H and O–H groups in total. The Hall–Kier alpha value is -4.22. The maximum absolute atomic E-state index is 14.4. The number of carbonyl (C=O) groups excluding carboxylic acids is 1. The van der Waals surface area contributed by atoms with Crippen molar-refractivity contribution < 1.29 is 28.6 Å². The molecule has 218 valence electrons. The van der Waals surface area contributed by atoms with Gasteiger partial charge in [-0.25, -0.2) is 24.1 Å². The molecule has 0 aliphatic carbocycles. The van der Waals surface area contributed by atoms with Gasteiger partial charge in [0, 0.05) is 35.4 Å². The number of halogens is 1. The second kappa shape index (κ2) is 11.9. The SMILES string of the molecule is CC(=O)c1ccc(COc2cccc(C3CCN(Cc4nc5ccc(C(=O)O)nc5n4CC4CCO4)CC3)n2)c(F)c1. The van der Waals surface area contributed by atoms with E-state index < -0.39 is 11.8 Å². The number of nitrogens with zero attached hydrogens (tertiary/aromatic N) is 5. The maximum Gasteiger partial charge on any atom is 0.354 e. The Morgan fingerprint density at radius 2 is 1.88 bits per heavy atom. The molecule has 6 rings (SSSR count). The van der Waals surface area contributed by atoms with Crippen LogP contribution in [-0.2, 0) is 24.4 Å². The fourth-order valence-electron chi connectivity index (χ4n) is 5.47. The maximum atomic E-state index is 14.4. The van der Waals surface area contributed by atoms with Crippen LogP contribution in [0.3, 0.4) is 0 Å². The highest BCUT2D eigenvalue weighted by molar-refractivity contribution is 5.94. The van der Waals surface area contributed by atoms with Gasteiger partial charge >= 0.3 is 5.97 Å². The summed E-state index contributed by atoms with van der Waals surface area (Å²) in [4.78, 5) is 39.3. The summed E-state index contributed by atoms with van der Waals surface area (Å²) in [6.07, 6.45) is 2.86. The first-order valence-corrected chi connectivity index (χ1v) is 14.2. The van der Waals surface area contributed by atoms with E-state index in [1.54, 1.807) is 24.3 Å². The molecule has 42 heavy (non-hydrogen) atoms. The topological polar surface area (TPSA) is 120 Å². The lowest BCUT2D eigenvalue weighted by Crippen LogP contribution is -2.35. The van der Waals surface area contributed by atoms with Crippen molar-refractivity contribution in [3.8, 4) is 5.88 Å². The van der Waals surface area contributed by atoms with Crippen molar-refractivity contribution in [2.45, 2.75) is 57.9 Å². The fourth-order valence-corrected chi connectivity index (χ4v) is 5.47. The molecular formula is C31H32FN5O5. The van der Waals surface area contributed by atoms with Gasteiger partial charge in [0.25, 0.3) is 0 Å². The molecule has 0 bridgehead atoms. The first kappa shape index (κ1) is 27.9. The van der Waals surface area contributed by atoms with Gasteiger partial charge in [-0.3, -0.25) is 9.69 Å². The molecule has 2 fully saturated rings. The van der Waals surface area contributed by atoms with E-state index in [-0.39, 0.29) is 30.1 Å². The molecule has 11 heteroatoms. The molecule has 0 radical (unpaired) electrons. The number of hydrogen-bond acceptors (Lipinski definition) is 8. The third kappa shape index (κ3) is 6.02. The Labute approximate surface area is 242 Å². The number of pyridine rings is 2. The number of ether oxygens (including phenoxy) is 2. The number of likely N-dealkylation sites (tertiary alicyclic amines) is 1. The van der Waals surface area contributed by atoms with E-state index in [2.05, 4.69) is 9.88 Å². The van der Waals surface area contributed by atoms with Gasteiger partial charge in [0.2, 0.25) is 5.88 Å². The van der Waals surface area contributed by atoms with Gasteiger partial charge in [0.1, 0.15) is 23.8 Å². The summed E-state index contributed by atoms with van der Waals surface area (Å²) in [7, 11) is 0. The van der Waals surface area contributed by atoms with Crippen molar-refractivity contribution in [3.05, 3.63) is 82.7 Å². The van der Waals surface area contributed by atoms with Gasteiger partial charge < -0.3 is 19.1 Å². The van der Waals surface area contributed by atoms with Crippen LogP contribution in [0.15, 0.2) is 48.5 Å². The molecule has 4 aromatic rings. The van der Waals surface area contributed by atoms with Crippen molar-refractivity contribution in [1.29, 1.82) is 0 Å². The molecule has 0 saturated carbocycles. The number of aromatic nitrogens is 4. The largest absolute Gasteiger partial charge is 0.477 e. The molecule has 1 unspecified atom stereocenters. The molecule has 0 spiro atoms. The molecule has 0 amide bonds. The summed E-state index contributed by atoms with van der Waals surface area (Å²) in [6.45, 7) is 5.09. The highest BCUT2D eigenvalue weighted by Crippen LogP contribution is 2.29. The first-order chi connectivity index (χ1) is 20.3. The number of fused-ring (bicyclic) bond motifs is 1. The number of hydrogen-bond donors (Lipinski definition) is 1.